The zero-order valence-corrected chi connectivity index (χ0v) is 19.7. The monoisotopic (exact) mass is 451 g/mol. The van der Waals surface area contributed by atoms with Gasteiger partial charge in [0.15, 0.2) is 0 Å². The molecule has 2 aliphatic heterocycles. The first-order valence-electron chi connectivity index (χ1n) is 11.8. The van der Waals surface area contributed by atoms with E-state index in [0.717, 1.165) is 36.3 Å². The number of rotatable bonds is 5. The summed E-state index contributed by atoms with van der Waals surface area (Å²) < 4.78 is 0. The largest absolute Gasteiger partial charge is 0.364 e. The fourth-order valence-corrected chi connectivity index (χ4v) is 4.75. The molecule has 172 valence electrons. The minimum absolute atomic E-state index is 0.233. The molecular formula is C29H29N3O2. The summed E-state index contributed by atoms with van der Waals surface area (Å²) in [5.74, 6) is -0.482. The van der Waals surface area contributed by atoms with Gasteiger partial charge < -0.3 is 4.90 Å². The zero-order valence-electron chi connectivity index (χ0n) is 19.7. The number of benzene rings is 3. The Morgan fingerprint density at radius 3 is 2.00 bits per heavy atom. The summed E-state index contributed by atoms with van der Waals surface area (Å²) >= 11 is 0. The highest BCUT2D eigenvalue weighted by Gasteiger charge is 2.43. The molecule has 5 nitrogen and oxygen atoms in total. The van der Waals surface area contributed by atoms with Crippen LogP contribution in [-0.4, -0.2) is 47.8 Å². The topological polar surface area (TPSA) is 43.9 Å². The molecule has 0 atom stereocenters. The van der Waals surface area contributed by atoms with Gasteiger partial charge in [-0.3, -0.25) is 14.5 Å². The van der Waals surface area contributed by atoms with Crippen LogP contribution in [-0.2, 0) is 16.1 Å². The van der Waals surface area contributed by atoms with Gasteiger partial charge in [-0.25, -0.2) is 4.90 Å². The maximum absolute atomic E-state index is 13.8. The van der Waals surface area contributed by atoms with Crippen molar-refractivity contribution in [2.24, 2.45) is 0 Å². The molecule has 2 heterocycles. The number of aryl methyl sites for hydroxylation is 2. The third-order valence-electron chi connectivity index (χ3n) is 6.81. The van der Waals surface area contributed by atoms with Gasteiger partial charge in [0.25, 0.3) is 11.8 Å². The number of piperazine rings is 1. The van der Waals surface area contributed by atoms with E-state index in [1.807, 2.05) is 68.4 Å². The third-order valence-corrected chi connectivity index (χ3v) is 6.81. The Labute approximate surface area is 200 Å². The van der Waals surface area contributed by atoms with Crippen molar-refractivity contribution in [3.05, 3.63) is 107 Å². The van der Waals surface area contributed by atoms with Crippen LogP contribution in [0.5, 0.6) is 0 Å². The molecule has 5 rings (SSSR count). The summed E-state index contributed by atoms with van der Waals surface area (Å²) in [4.78, 5) is 33.3. The number of carbonyl (C=O) groups excluding carboxylic acids is 2. The normalized spacial score (nSPS) is 17.1. The van der Waals surface area contributed by atoms with E-state index in [0.29, 0.717) is 30.0 Å². The number of amides is 2. The van der Waals surface area contributed by atoms with Crippen molar-refractivity contribution in [3.8, 4) is 0 Å². The minimum Gasteiger partial charge on any atom is -0.364 e. The Morgan fingerprint density at radius 2 is 1.35 bits per heavy atom. The zero-order chi connectivity index (χ0) is 23.7. The summed E-state index contributed by atoms with van der Waals surface area (Å²) in [6.07, 6.45) is 0. The molecule has 0 unspecified atom stereocenters. The highest BCUT2D eigenvalue weighted by molar-refractivity contribution is 6.45. The van der Waals surface area contributed by atoms with E-state index in [9.17, 15) is 9.59 Å². The number of carbonyl (C=O) groups is 2. The quantitative estimate of drug-likeness (QED) is 0.539. The Hall–Kier alpha value is -3.70. The number of nitrogens with zero attached hydrogens (tertiary/aromatic N) is 3. The molecule has 5 heteroatoms. The van der Waals surface area contributed by atoms with Gasteiger partial charge in [0.1, 0.15) is 5.70 Å². The van der Waals surface area contributed by atoms with Crippen molar-refractivity contribution in [3.63, 3.8) is 0 Å². The van der Waals surface area contributed by atoms with Crippen LogP contribution in [0.3, 0.4) is 0 Å². The second kappa shape index (κ2) is 9.27. The predicted molar refractivity (Wildman–Crippen MR) is 135 cm³/mol. The molecule has 0 bridgehead atoms. The molecule has 1 saturated heterocycles. The second-order valence-electron chi connectivity index (χ2n) is 9.05. The van der Waals surface area contributed by atoms with Crippen LogP contribution in [0.4, 0.5) is 5.69 Å². The fourth-order valence-electron chi connectivity index (χ4n) is 4.75. The molecule has 0 aliphatic carbocycles. The molecule has 0 spiro atoms. The maximum atomic E-state index is 13.8. The Bertz CT molecular complexity index is 1240. The SMILES string of the molecule is Cc1ccc(N2C(=O)C(c3ccccc3)=C(N3CCN(Cc4ccccc4)CC3)C2=O)cc1C. The number of hydrogen-bond donors (Lipinski definition) is 0. The summed E-state index contributed by atoms with van der Waals surface area (Å²) in [5, 5.41) is 0. The lowest BCUT2D eigenvalue weighted by atomic mass is 10.0. The molecular weight excluding hydrogens is 422 g/mol. The average Bonchev–Trinajstić information content (AvgIpc) is 3.12. The van der Waals surface area contributed by atoms with Gasteiger partial charge in [-0.2, -0.15) is 0 Å². The van der Waals surface area contributed by atoms with Crippen molar-refractivity contribution in [2.75, 3.05) is 31.1 Å². The molecule has 2 aliphatic rings. The first kappa shape index (κ1) is 22.1. The van der Waals surface area contributed by atoms with E-state index in [4.69, 9.17) is 0 Å². The maximum Gasteiger partial charge on any atom is 0.282 e. The standard InChI is InChI=1S/C29H29N3O2/c1-21-13-14-25(19-22(21)2)32-28(33)26(24-11-7-4-8-12-24)27(29(32)34)31-17-15-30(16-18-31)20-23-9-5-3-6-10-23/h3-14,19H,15-18,20H2,1-2H3. The highest BCUT2D eigenvalue weighted by Crippen LogP contribution is 2.35. The lowest BCUT2D eigenvalue weighted by molar-refractivity contribution is -0.120. The summed E-state index contributed by atoms with van der Waals surface area (Å²) in [7, 11) is 0. The van der Waals surface area contributed by atoms with Crippen LogP contribution in [0, 0.1) is 13.8 Å². The minimum atomic E-state index is -0.249. The second-order valence-corrected chi connectivity index (χ2v) is 9.05. The molecule has 34 heavy (non-hydrogen) atoms. The van der Waals surface area contributed by atoms with Crippen LogP contribution < -0.4 is 4.90 Å². The first-order valence-corrected chi connectivity index (χ1v) is 11.8. The molecule has 3 aromatic rings. The highest BCUT2D eigenvalue weighted by atomic mass is 16.2. The van der Waals surface area contributed by atoms with Gasteiger partial charge in [0, 0.05) is 32.7 Å². The van der Waals surface area contributed by atoms with E-state index < -0.39 is 0 Å². The molecule has 3 aromatic carbocycles. The average molecular weight is 452 g/mol. The molecule has 0 radical (unpaired) electrons. The summed E-state index contributed by atoms with van der Waals surface area (Å²) in [6, 6.07) is 25.8. The smallest absolute Gasteiger partial charge is 0.282 e. The van der Waals surface area contributed by atoms with Gasteiger partial charge in [0.2, 0.25) is 0 Å². The molecule has 0 saturated carbocycles. The van der Waals surface area contributed by atoms with Gasteiger partial charge in [-0.1, -0.05) is 66.7 Å². The number of imide groups is 1. The third kappa shape index (κ3) is 4.15. The Morgan fingerprint density at radius 1 is 0.706 bits per heavy atom. The first-order chi connectivity index (χ1) is 16.5. The van der Waals surface area contributed by atoms with Crippen molar-refractivity contribution in [2.45, 2.75) is 20.4 Å². The fraction of sp³-hybridized carbons (Fsp3) is 0.241. The van der Waals surface area contributed by atoms with E-state index in [-0.39, 0.29) is 11.8 Å². The van der Waals surface area contributed by atoms with Crippen LogP contribution in [0.15, 0.2) is 84.6 Å². The Kier molecular flexibility index (Phi) is 6.03. The van der Waals surface area contributed by atoms with Crippen molar-refractivity contribution >= 4 is 23.1 Å². The Balaban J connectivity index is 1.44. The van der Waals surface area contributed by atoms with E-state index >= 15 is 0 Å². The molecule has 0 N–H and O–H groups in total. The number of anilines is 1. The van der Waals surface area contributed by atoms with Crippen LogP contribution in [0.2, 0.25) is 0 Å². The van der Waals surface area contributed by atoms with Crippen LogP contribution >= 0.6 is 0 Å². The van der Waals surface area contributed by atoms with Crippen molar-refractivity contribution in [1.82, 2.24) is 9.80 Å². The van der Waals surface area contributed by atoms with Gasteiger partial charge in [-0.15, -0.1) is 0 Å². The lowest BCUT2D eigenvalue weighted by Crippen LogP contribution is -2.47. The number of hydrogen-bond acceptors (Lipinski definition) is 4. The molecule has 2 amide bonds. The summed E-state index contributed by atoms with van der Waals surface area (Å²) in [6.45, 7) is 8.01. The summed E-state index contributed by atoms with van der Waals surface area (Å²) in [5.41, 5.74) is 5.91. The van der Waals surface area contributed by atoms with Gasteiger partial charge >= 0.3 is 0 Å². The van der Waals surface area contributed by atoms with Crippen LogP contribution in [0.1, 0.15) is 22.3 Å². The molecule has 1 fully saturated rings. The van der Waals surface area contributed by atoms with Crippen LogP contribution in [0.25, 0.3) is 5.57 Å². The van der Waals surface area contributed by atoms with Crippen molar-refractivity contribution < 1.29 is 9.59 Å². The van der Waals surface area contributed by atoms with E-state index in [1.54, 1.807) is 0 Å². The lowest BCUT2D eigenvalue weighted by Gasteiger charge is -2.36. The van der Waals surface area contributed by atoms with E-state index in [2.05, 4.69) is 34.1 Å². The van der Waals surface area contributed by atoms with Gasteiger partial charge in [0.05, 0.1) is 11.3 Å². The molecule has 0 aromatic heterocycles. The van der Waals surface area contributed by atoms with E-state index in [1.165, 1.54) is 10.5 Å². The predicted octanol–water partition coefficient (Wildman–Crippen LogP) is 4.41. The van der Waals surface area contributed by atoms with Gasteiger partial charge in [-0.05, 0) is 48.2 Å². The van der Waals surface area contributed by atoms with Crippen molar-refractivity contribution in [1.29, 1.82) is 0 Å².